The first kappa shape index (κ1) is 16.6. The molecule has 1 heterocycles. The van der Waals surface area contributed by atoms with Crippen molar-refractivity contribution in [2.75, 3.05) is 12.4 Å². The minimum Gasteiger partial charge on any atom is -0.497 e. The van der Waals surface area contributed by atoms with Crippen molar-refractivity contribution in [2.24, 2.45) is 0 Å². The van der Waals surface area contributed by atoms with Gasteiger partial charge in [-0.3, -0.25) is 0 Å². The zero-order chi connectivity index (χ0) is 18.6. The number of nitriles is 1. The lowest BCUT2D eigenvalue weighted by Gasteiger charge is -2.11. The van der Waals surface area contributed by atoms with Crippen LogP contribution in [0.15, 0.2) is 72.8 Å². The van der Waals surface area contributed by atoms with Gasteiger partial charge >= 0.3 is 0 Å². The fourth-order valence-corrected chi connectivity index (χ4v) is 2.84. The monoisotopic (exact) mass is 352 g/mol. The first-order chi connectivity index (χ1) is 13.3. The fraction of sp³-hybridized carbons (Fsp3) is 0.0455. The molecule has 5 nitrogen and oxygen atoms in total. The maximum absolute atomic E-state index is 9.12. The minimum absolute atomic E-state index is 0.591. The molecule has 0 aliphatic rings. The average molecular weight is 352 g/mol. The third-order valence-corrected chi connectivity index (χ3v) is 4.21. The molecule has 1 aromatic heterocycles. The Labute approximate surface area is 156 Å². The van der Waals surface area contributed by atoms with Crippen LogP contribution in [0.1, 0.15) is 5.56 Å². The largest absolute Gasteiger partial charge is 0.497 e. The van der Waals surface area contributed by atoms with Crippen LogP contribution in [0.25, 0.3) is 22.3 Å². The maximum atomic E-state index is 9.12. The molecule has 0 aliphatic carbocycles. The molecule has 0 atom stereocenters. The number of nitrogens with zero attached hydrogens (tertiary/aromatic N) is 3. The molecule has 3 aromatic carbocycles. The van der Waals surface area contributed by atoms with E-state index in [1.165, 1.54) is 0 Å². The van der Waals surface area contributed by atoms with Crippen molar-refractivity contribution in [3.63, 3.8) is 0 Å². The number of hydrogen-bond donors (Lipinski definition) is 1. The second-order valence-electron chi connectivity index (χ2n) is 5.96. The summed E-state index contributed by atoms with van der Waals surface area (Å²) >= 11 is 0. The number of nitrogens with one attached hydrogen (secondary N) is 1. The van der Waals surface area contributed by atoms with Crippen LogP contribution in [0.5, 0.6) is 5.75 Å². The van der Waals surface area contributed by atoms with Gasteiger partial charge in [0.2, 0.25) is 0 Å². The predicted octanol–water partition coefficient (Wildman–Crippen LogP) is 4.92. The van der Waals surface area contributed by atoms with Crippen LogP contribution in [-0.4, -0.2) is 17.1 Å². The van der Waals surface area contributed by atoms with Crippen molar-refractivity contribution in [1.29, 1.82) is 5.26 Å². The number of benzene rings is 3. The van der Waals surface area contributed by atoms with E-state index in [4.69, 9.17) is 20.0 Å². The summed E-state index contributed by atoms with van der Waals surface area (Å²) in [7, 11) is 1.64. The molecule has 4 aromatic rings. The Kier molecular flexibility index (Phi) is 4.38. The quantitative estimate of drug-likeness (QED) is 0.564. The van der Waals surface area contributed by atoms with E-state index in [1.54, 1.807) is 19.2 Å². The van der Waals surface area contributed by atoms with Gasteiger partial charge in [-0.05, 0) is 54.6 Å². The lowest BCUT2D eigenvalue weighted by molar-refractivity contribution is 0.415. The Morgan fingerprint density at radius 3 is 2.52 bits per heavy atom. The Bertz CT molecular complexity index is 1150. The van der Waals surface area contributed by atoms with Crippen molar-refractivity contribution < 1.29 is 4.74 Å². The summed E-state index contributed by atoms with van der Waals surface area (Å²) in [5, 5.41) is 13.4. The molecule has 1 N–H and O–H groups in total. The molecule has 0 bridgehead atoms. The fourth-order valence-electron chi connectivity index (χ4n) is 2.84. The minimum atomic E-state index is 0.591. The van der Waals surface area contributed by atoms with Crippen LogP contribution in [0, 0.1) is 11.3 Å². The average Bonchev–Trinajstić information content (AvgIpc) is 2.74. The van der Waals surface area contributed by atoms with E-state index < -0.39 is 0 Å². The highest BCUT2D eigenvalue weighted by atomic mass is 16.5. The topological polar surface area (TPSA) is 70.8 Å². The first-order valence-electron chi connectivity index (χ1n) is 8.45. The number of para-hydroxylation sites is 1. The van der Waals surface area contributed by atoms with Gasteiger partial charge in [0, 0.05) is 16.6 Å². The third kappa shape index (κ3) is 3.42. The molecule has 0 saturated heterocycles. The number of ether oxygens (including phenoxy) is 1. The van der Waals surface area contributed by atoms with Gasteiger partial charge in [0.05, 0.1) is 24.3 Å². The number of hydrogen-bond acceptors (Lipinski definition) is 5. The Morgan fingerprint density at radius 2 is 1.74 bits per heavy atom. The normalized spacial score (nSPS) is 10.4. The van der Waals surface area contributed by atoms with Gasteiger partial charge < -0.3 is 10.1 Å². The van der Waals surface area contributed by atoms with Crippen LogP contribution in [-0.2, 0) is 0 Å². The standard InChI is InChI=1S/C22H16N4O/c1-27-18-11-9-16(10-12-18)21-25-20-8-3-2-7-19(20)22(26-21)24-17-6-4-5-15(13-17)14-23/h2-13H,1H3,(H,24,25,26). The van der Waals surface area contributed by atoms with Crippen LogP contribution in [0.4, 0.5) is 11.5 Å². The number of anilines is 2. The molecule has 27 heavy (non-hydrogen) atoms. The summed E-state index contributed by atoms with van der Waals surface area (Å²) in [5.41, 5.74) is 3.14. The lowest BCUT2D eigenvalue weighted by atomic mass is 10.1. The zero-order valence-corrected chi connectivity index (χ0v) is 14.7. The second kappa shape index (κ2) is 7.14. The van der Waals surface area contributed by atoms with Gasteiger partial charge in [-0.25, -0.2) is 9.97 Å². The second-order valence-corrected chi connectivity index (χ2v) is 5.96. The van der Waals surface area contributed by atoms with Crippen molar-refractivity contribution >= 4 is 22.4 Å². The molecule has 0 aliphatic heterocycles. The van der Waals surface area contributed by atoms with E-state index in [2.05, 4.69) is 11.4 Å². The summed E-state index contributed by atoms with van der Waals surface area (Å²) in [5.74, 6) is 2.10. The first-order valence-corrected chi connectivity index (χ1v) is 8.45. The highest BCUT2D eigenvalue weighted by molar-refractivity contribution is 5.92. The third-order valence-electron chi connectivity index (χ3n) is 4.21. The highest BCUT2D eigenvalue weighted by Gasteiger charge is 2.10. The Hall–Kier alpha value is -3.91. The summed E-state index contributed by atoms with van der Waals surface area (Å²) in [4.78, 5) is 9.42. The Balaban J connectivity index is 1.81. The van der Waals surface area contributed by atoms with Crippen LogP contribution in [0.2, 0.25) is 0 Å². The molecular weight excluding hydrogens is 336 g/mol. The van der Waals surface area contributed by atoms with E-state index in [1.807, 2.05) is 60.7 Å². The summed E-state index contributed by atoms with van der Waals surface area (Å²) in [6.45, 7) is 0. The predicted molar refractivity (Wildman–Crippen MR) is 106 cm³/mol. The lowest BCUT2D eigenvalue weighted by Crippen LogP contribution is -1.99. The number of rotatable bonds is 4. The molecule has 0 spiro atoms. The van der Waals surface area contributed by atoms with Crippen molar-refractivity contribution in [1.82, 2.24) is 9.97 Å². The maximum Gasteiger partial charge on any atom is 0.162 e. The van der Waals surface area contributed by atoms with E-state index in [0.29, 0.717) is 17.2 Å². The summed E-state index contributed by atoms with van der Waals surface area (Å²) in [6.07, 6.45) is 0. The number of methoxy groups -OCH3 is 1. The molecule has 0 saturated carbocycles. The molecule has 130 valence electrons. The molecule has 0 amide bonds. The van der Waals surface area contributed by atoms with Gasteiger partial charge in [0.1, 0.15) is 11.6 Å². The van der Waals surface area contributed by atoms with Crippen molar-refractivity contribution in [3.05, 3.63) is 78.4 Å². The number of aromatic nitrogens is 2. The molecule has 0 unspecified atom stereocenters. The van der Waals surface area contributed by atoms with E-state index in [-0.39, 0.29) is 0 Å². The van der Waals surface area contributed by atoms with Gasteiger partial charge in [-0.15, -0.1) is 0 Å². The van der Waals surface area contributed by atoms with E-state index >= 15 is 0 Å². The van der Waals surface area contributed by atoms with Crippen molar-refractivity contribution in [2.45, 2.75) is 0 Å². The molecule has 0 radical (unpaired) electrons. The van der Waals surface area contributed by atoms with E-state index in [0.717, 1.165) is 27.9 Å². The van der Waals surface area contributed by atoms with Gasteiger partial charge in [-0.1, -0.05) is 18.2 Å². The smallest absolute Gasteiger partial charge is 0.162 e. The highest BCUT2D eigenvalue weighted by Crippen LogP contribution is 2.28. The summed E-state index contributed by atoms with van der Waals surface area (Å²) < 4.78 is 5.22. The van der Waals surface area contributed by atoms with Gasteiger partial charge in [-0.2, -0.15) is 5.26 Å². The van der Waals surface area contributed by atoms with Gasteiger partial charge in [0.25, 0.3) is 0 Å². The van der Waals surface area contributed by atoms with E-state index in [9.17, 15) is 0 Å². The summed E-state index contributed by atoms with van der Waals surface area (Å²) in [6, 6.07) is 24.9. The Morgan fingerprint density at radius 1 is 0.926 bits per heavy atom. The van der Waals surface area contributed by atoms with Crippen molar-refractivity contribution in [3.8, 4) is 23.2 Å². The molecule has 0 fully saturated rings. The zero-order valence-electron chi connectivity index (χ0n) is 14.7. The SMILES string of the molecule is COc1ccc(-c2nc(Nc3cccc(C#N)c3)c3ccccc3n2)cc1. The number of fused-ring (bicyclic) bond motifs is 1. The van der Waals surface area contributed by atoms with Crippen LogP contribution >= 0.6 is 0 Å². The molecule has 5 heteroatoms. The van der Waals surface area contributed by atoms with Crippen LogP contribution < -0.4 is 10.1 Å². The van der Waals surface area contributed by atoms with Gasteiger partial charge in [0.15, 0.2) is 5.82 Å². The molecule has 4 rings (SSSR count). The van der Waals surface area contributed by atoms with Crippen LogP contribution in [0.3, 0.4) is 0 Å². The molecular formula is C22H16N4O.